The third kappa shape index (κ3) is 3.30. The molecule has 0 unspecified atom stereocenters. The second-order valence-corrected chi connectivity index (χ2v) is 4.44. The van der Waals surface area contributed by atoms with Gasteiger partial charge < -0.3 is 10.1 Å². The Morgan fingerprint density at radius 1 is 1.35 bits per heavy atom. The van der Waals surface area contributed by atoms with Gasteiger partial charge in [0.1, 0.15) is 6.04 Å². The molecule has 1 aliphatic heterocycles. The van der Waals surface area contributed by atoms with Crippen LogP contribution in [0.5, 0.6) is 0 Å². The molecule has 2 atom stereocenters. The number of ether oxygens (including phenoxy) is 1. The summed E-state index contributed by atoms with van der Waals surface area (Å²) in [6, 6.07) is 10.7. The van der Waals surface area contributed by atoms with E-state index >= 15 is 0 Å². The molecular formula is C14H19NO2. The first-order valence-electron chi connectivity index (χ1n) is 6.26. The Bertz CT molecular complexity index is 364. The molecule has 0 saturated carbocycles. The number of carbonyl (C=O) groups is 1. The highest BCUT2D eigenvalue weighted by Crippen LogP contribution is 2.17. The highest BCUT2D eigenvalue weighted by Gasteiger charge is 2.29. The molecule has 3 nitrogen and oxygen atoms in total. The summed E-state index contributed by atoms with van der Waals surface area (Å²) in [6.45, 7) is 2.30. The van der Waals surface area contributed by atoms with Crippen LogP contribution in [0.25, 0.3) is 0 Å². The summed E-state index contributed by atoms with van der Waals surface area (Å²) in [5, 5.41) is 3.35. The minimum atomic E-state index is -0.108. The van der Waals surface area contributed by atoms with Gasteiger partial charge in [-0.25, -0.2) is 0 Å². The lowest BCUT2D eigenvalue weighted by molar-refractivity contribution is -0.145. The molecule has 2 rings (SSSR count). The van der Waals surface area contributed by atoms with E-state index in [1.807, 2.05) is 25.1 Å². The van der Waals surface area contributed by atoms with E-state index in [0.717, 1.165) is 19.3 Å². The van der Waals surface area contributed by atoms with Crippen LogP contribution in [-0.4, -0.2) is 24.7 Å². The van der Waals surface area contributed by atoms with Gasteiger partial charge in [0.15, 0.2) is 0 Å². The molecule has 0 aliphatic carbocycles. The van der Waals surface area contributed by atoms with Crippen molar-refractivity contribution in [1.82, 2.24) is 5.32 Å². The molecule has 3 heteroatoms. The summed E-state index contributed by atoms with van der Waals surface area (Å²) >= 11 is 0. The Hall–Kier alpha value is -1.35. The molecule has 17 heavy (non-hydrogen) atoms. The predicted octanol–water partition coefficient (Wildman–Crippen LogP) is 1.91. The maximum Gasteiger partial charge on any atom is 0.323 e. The molecule has 1 N–H and O–H groups in total. The smallest absolute Gasteiger partial charge is 0.323 e. The summed E-state index contributed by atoms with van der Waals surface area (Å²) in [5.74, 6) is -0.108. The van der Waals surface area contributed by atoms with Crippen LogP contribution < -0.4 is 5.32 Å². The van der Waals surface area contributed by atoms with Gasteiger partial charge in [0.05, 0.1) is 6.61 Å². The molecular weight excluding hydrogens is 214 g/mol. The van der Waals surface area contributed by atoms with Gasteiger partial charge in [-0.15, -0.1) is 0 Å². The number of hydrogen-bond acceptors (Lipinski definition) is 3. The average Bonchev–Trinajstić information content (AvgIpc) is 2.79. The van der Waals surface area contributed by atoms with Crippen molar-refractivity contribution in [2.45, 2.75) is 38.3 Å². The zero-order chi connectivity index (χ0) is 12.1. The second-order valence-electron chi connectivity index (χ2n) is 4.44. The molecule has 1 saturated heterocycles. The summed E-state index contributed by atoms with van der Waals surface area (Å²) in [6.07, 6.45) is 2.91. The lowest BCUT2D eigenvalue weighted by Gasteiger charge is -2.13. The summed E-state index contributed by atoms with van der Waals surface area (Å²) in [7, 11) is 0. The molecule has 1 heterocycles. The van der Waals surface area contributed by atoms with Crippen LogP contribution in [0.15, 0.2) is 30.3 Å². The predicted molar refractivity (Wildman–Crippen MR) is 66.7 cm³/mol. The summed E-state index contributed by atoms with van der Waals surface area (Å²) in [5.41, 5.74) is 1.31. The van der Waals surface area contributed by atoms with Crippen molar-refractivity contribution >= 4 is 5.97 Å². The molecule has 0 aromatic heterocycles. The number of nitrogens with one attached hydrogen (secondary N) is 1. The van der Waals surface area contributed by atoms with Crippen LogP contribution in [0.2, 0.25) is 0 Å². The summed E-state index contributed by atoms with van der Waals surface area (Å²) < 4.78 is 5.02. The maximum atomic E-state index is 11.6. The number of carbonyl (C=O) groups excluding carboxylic acids is 1. The van der Waals surface area contributed by atoms with Crippen molar-refractivity contribution in [1.29, 1.82) is 0 Å². The van der Waals surface area contributed by atoms with Gasteiger partial charge in [0.25, 0.3) is 0 Å². The van der Waals surface area contributed by atoms with E-state index in [1.165, 1.54) is 5.56 Å². The van der Waals surface area contributed by atoms with E-state index in [-0.39, 0.29) is 12.0 Å². The Morgan fingerprint density at radius 2 is 2.12 bits per heavy atom. The quantitative estimate of drug-likeness (QED) is 0.807. The normalized spacial score (nSPS) is 23.6. The van der Waals surface area contributed by atoms with E-state index in [4.69, 9.17) is 4.74 Å². The molecule has 0 amide bonds. The molecule has 1 aromatic carbocycles. The molecule has 0 bridgehead atoms. The minimum Gasteiger partial charge on any atom is -0.465 e. The van der Waals surface area contributed by atoms with E-state index in [9.17, 15) is 4.79 Å². The van der Waals surface area contributed by atoms with Crippen LogP contribution in [0.4, 0.5) is 0 Å². The standard InChI is InChI=1S/C14H19NO2/c1-2-17-14(16)13-9-8-12(15-13)10-11-6-4-3-5-7-11/h3-7,12-13,15H,2,8-10H2,1H3/t12-,13-/m0/s1. The Balaban J connectivity index is 1.84. The lowest BCUT2D eigenvalue weighted by atomic mass is 10.0. The van der Waals surface area contributed by atoms with Gasteiger partial charge in [0.2, 0.25) is 0 Å². The van der Waals surface area contributed by atoms with E-state index in [1.54, 1.807) is 0 Å². The van der Waals surface area contributed by atoms with Gasteiger partial charge in [-0.3, -0.25) is 4.79 Å². The molecule has 1 fully saturated rings. The first-order chi connectivity index (χ1) is 8.29. The Morgan fingerprint density at radius 3 is 2.82 bits per heavy atom. The van der Waals surface area contributed by atoms with E-state index in [0.29, 0.717) is 12.6 Å². The number of benzene rings is 1. The highest BCUT2D eigenvalue weighted by atomic mass is 16.5. The van der Waals surface area contributed by atoms with Gasteiger partial charge in [-0.1, -0.05) is 30.3 Å². The van der Waals surface area contributed by atoms with Crippen molar-refractivity contribution < 1.29 is 9.53 Å². The summed E-state index contributed by atoms with van der Waals surface area (Å²) in [4.78, 5) is 11.6. The zero-order valence-electron chi connectivity index (χ0n) is 10.2. The van der Waals surface area contributed by atoms with Crippen LogP contribution in [0.3, 0.4) is 0 Å². The van der Waals surface area contributed by atoms with Crippen molar-refractivity contribution in [3.63, 3.8) is 0 Å². The lowest BCUT2D eigenvalue weighted by Crippen LogP contribution is -2.37. The second kappa shape index (κ2) is 5.82. The zero-order valence-corrected chi connectivity index (χ0v) is 10.2. The monoisotopic (exact) mass is 233 g/mol. The highest BCUT2D eigenvalue weighted by molar-refractivity contribution is 5.76. The number of esters is 1. The third-order valence-corrected chi connectivity index (χ3v) is 3.14. The van der Waals surface area contributed by atoms with Crippen molar-refractivity contribution in [2.75, 3.05) is 6.61 Å². The number of hydrogen-bond donors (Lipinski definition) is 1. The fourth-order valence-electron chi connectivity index (χ4n) is 2.31. The van der Waals surface area contributed by atoms with Crippen LogP contribution in [0, 0.1) is 0 Å². The van der Waals surface area contributed by atoms with Crippen LogP contribution in [-0.2, 0) is 16.0 Å². The van der Waals surface area contributed by atoms with Crippen LogP contribution in [0.1, 0.15) is 25.3 Å². The molecule has 0 spiro atoms. The first-order valence-corrected chi connectivity index (χ1v) is 6.26. The van der Waals surface area contributed by atoms with Crippen molar-refractivity contribution in [3.8, 4) is 0 Å². The third-order valence-electron chi connectivity index (χ3n) is 3.14. The van der Waals surface area contributed by atoms with Crippen molar-refractivity contribution in [3.05, 3.63) is 35.9 Å². The largest absolute Gasteiger partial charge is 0.465 e. The van der Waals surface area contributed by atoms with Crippen LogP contribution >= 0.6 is 0 Å². The topological polar surface area (TPSA) is 38.3 Å². The van der Waals surface area contributed by atoms with E-state index in [2.05, 4.69) is 17.4 Å². The minimum absolute atomic E-state index is 0.108. The first kappa shape index (κ1) is 12.1. The molecule has 1 aliphatic rings. The average molecular weight is 233 g/mol. The molecule has 0 radical (unpaired) electrons. The Labute approximate surface area is 102 Å². The van der Waals surface area contributed by atoms with Gasteiger partial charge >= 0.3 is 5.97 Å². The number of rotatable bonds is 4. The van der Waals surface area contributed by atoms with E-state index < -0.39 is 0 Å². The van der Waals surface area contributed by atoms with Gasteiger partial charge in [-0.2, -0.15) is 0 Å². The molecule has 92 valence electrons. The Kier molecular flexibility index (Phi) is 4.15. The molecule has 1 aromatic rings. The van der Waals surface area contributed by atoms with Gasteiger partial charge in [0, 0.05) is 6.04 Å². The van der Waals surface area contributed by atoms with Gasteiger partial charge in [-0.05, 0) is 31.7 Å². The fraction of sp³-hybridized carbons (Fsp3) is 0.500. The maximum absolute atomic E-state index is 11.6. The SMILES string of the molecule is CCOC(=O)[C@@H]1CC[C@@H](Cc2ccccc2)N1. The fourth-order valence-corrected chi connectivity index (χ4v) is 2.31. The van der Waals surface area contributed by atoms with Crippen molar-refractivity contribution in [2.24, 2.45) is 0 Å².